The molecule has 162 valence electrons. The minimum atomic E-state index is -3.48. The highest BCUT2D eigenvalue weighted by Crippen LogP contribution is 2.22. The molecule has 3 rings (SSSR count). The Morgan fingerprint density at radius 3 is 2.19 bits per heavy atom. The van der Waals surface area contributed by atoms with Crippen molar-refractivity contribution in [1.82, 2.24) is 5.32 Å². The summed E-state index contributed by atoms with van der Waals surface area (Å²) in [7, 11) is -3.48. The maximum absolute atomic E-state index is 12.4. The minimum absolute atomic E-state index is 0.163. The molecule has 0 atom stereocenters. The van der Waals surface area contributed by atoms with Crippen molar-refractivity contribution in [3.8, 4) is 0 Å². The largest absolute Gasteiger partial charge is 0.352 e. The second-order valence-corrected chi connectivity index (χ2v) is 9.49. The van der Waals surface area contributed by atoms with Crippen LogP contribution in [0.25, 0.3) is 0 Å². The molecule has 0 bridgehead atoms. The zero-order valence-corrected chi connectivity index (χ0v) is 18.7. The van der Waals surface area contributed by atoms with E-state index in [1.807, 2.05) is 49.4 Å². The summed E-state index contributed by atoms with van der Waals surface area (Å²) < 4.78 is 26.2. The summed E-state index contributed by atoms with van der Waals surface area (Å²) in [6, 6.07) is 24.5. The van der Waals surface area contributed by atoms with Gasteiger partial charge in [0, 0.05) is 12.1 Å². The predicted octanol–water partition coefficient (Wildman–Crippen LogP) is 4.32. The highest BCUT2D eigenvalue weighted by atomic mass is 32.2. The number of nitrogens with one attached hydrogen (secondary N) is 1. The Bertz CT molecular complexity index is 1110. The number of hydrogen-bond acceptors (Lipinski definition) is 3. The first kappa shape index (κ1) is 22.6. The molecule has 0 saturated carbocycles. The van der Waals surface area contributed by atoms with Crippen LogP contribution in [0.15, 0.2) is 78.9 Å². The van der Waals surface area contributed by atoms with E-state index in [0.717, 1.165) is 24.0 Å². The lowest BCUT2D eigenvalue weighted by atomic mass is 10.1. The molecule has 0 heterocycles. The Balaban J connectivity index is 1.62. The Hall–Kier alpha value is -3.12. The summed E-state index contributed by atoms with van der Waals surface area (Å²) >= 11 is 0. The normalized spacial score (nSPS) is 11.2. The average molecular weight is 437 g/mol. The molecule has 0 fully saturated rings. The van der Waals surface area contributed by atoms with E-state index in [1.54, 1.807) is 24.3 Å². The minimum Gasteiger partial charge on any atom is -0.352 e. The predicted molar refractivity (Wildman–Crippen MR) is 126 cm³/mol. The van der Waals surface area contributed by atoms with Crippen LogP contribution < -0.4 is 9.62 Å². The molecule has 5 nitrogen and oxygen atoms in total. The van der Waals surface area contributed by atoms with Gasteiger partial charge in [-0.15, -0.1) is 0 Å². The molecule has 0 spiro atoms. The Labute approximate surface area is 184 Å². The fraction of sp³-hybridized carbons (Fsp3) is 0.240. The third kappa shape index (κ3) is 6.43. The zero-order valence-electron chi connectivity index (χ0n) is 17.9. The van der Waals surface area contributed by atoms with Crippen LogP contribution in [0.3, 0.4) is 0 Å². The fourth-order valence-electron chi connectivity index (χ4n) is 3.36. The van der Waals surface area contributed by atoms with Crippen LogP contribution in [0.5, 0.6) is 0 Å². The summed E-state index contributed by atoms with van der Waals surface area (Å²) in [5, 5.41) is 2.92. The molecule has 0 unspecified atom stereocenters. The van der Waals surface area contributed by atoms with Gasteiger partial charge in [0.25, 0.3) is 5.91 Å². The van der Waals surface area contributed by atoms with Gasteiger partial charge in [0.2, 0.25) is 10.0 Å². The average Bonchev–Trinajstić information content (AvgIpc) is 2.76. The van der Waals surface area contributed by atoms with E-state index < -0.39 is 10.0 Å². The molecular formula is C25H28N2O3S. The second kappa shape index (κ2) is 10.3. The molecule has 1 amide bonds. The van der Waals surface area contributed by atoms with Crippen molar-refractivity contribution < 1.29 is 13.2 Å². The highest BCUT2D eigenvalue weighted by molar-refractivity contribution is 7.92. The van der Waals surface area contributed by atoms with E-state index in [-0.39, 0.29) is 12.5 Å². The lowest BCUT2D eigenvalue weighted by molar-refractivity contribution is 0.0953. The van der Waals surface area contributed by atoms with Gasteiger partial charge in [0.05, 0.1) is 18.5 Å². The van der Waals surface area contributed by atoms with E-state index in [2.05, 4.69) is 17.4 Å². The molecule has 0 aliphatic heterocycles. The van der Waals surface area contributed by atoms with Crippen LogP contribution in [0.1, 0.15) is 33.5 Å². The molecule has 3 aromatic rings. The first-order chi connectivity index (χ1) is 14.8. The van der Waals surface area contributed by atoms with Crippen LogP contribution in [-0.4, -0.2) is 27.1 Å². The van der Waals surface area contributed by atoms with E-state index >= 15 is 0 Å². The molecule has 31 heavy (non-hydrogen) atoms. The number of rotatable bonds is 9. The monoisotopic (exact) mass is 436 g/mol. The number of nitrogens with zero attached hydrogens (tertiary/aromatic N) is 1. The molecule has 0 aliphatic carbocycles. The molecule has 1 N–H and O–H groups in total. The number of amides is 1. The molecular weight excluding hydrogens is 408 g/mol. The Kier molecular flexibility index (Phi) is 7.47. The topological polar surface area (TPSA) is 66.5 Å². The third-order valence-corrected chi connectivity index (χ3v) is 6.30. The smallest absolute Gasteiger partial charge is 0.251 e. The van der Waals surface area contributed by atoms with Crippen LogP contribution in [0.2, 0.25) is 0 Å². The molecule has 0 aromatic heterocycles. The van der Waals surface area contributed by atoms with Crippen molar-refractivity contribution in [3.05, 3.63) is 101 Å². The molecule has 0 radical (unpaired) electrons. The Morgan fingerprint density at radius 2 is 1.55 bits per heavy atom. The Morgan fingerprint density at radius 1 is 0.903 bits per heavy atom. The van der Waals surface area contributed by atoms with E-state index in [1.165, 1.54) is 16.1 Å². The summed E-state index contributed by atoms with van der Waals surface area (Å²) in [6.07, 6.45) is 2.95. The number of carbonyl (C=O) groups is 1. The quantitative estimate of drug-likeness (QED) is 0.508. The lowest BCUT2D eigenvalue weighted by Gasteiger charge is -2.23. The summed E-state index contributed by atoms with van der Waals surface area (Å²) in [5.41, 5.74) is 4.26. The molecule has 6 heteroatoms. The standard InChI is InChI=1S/C25H28N2O3S/c1-20-9-6-7-13-23(20)19-27(31(2,29)30)24-16-14-22(15-17-24)25(28)26-18-8-12-21-10-4-3-5-11-21/h3-7,9-11,13-17H,8,12,18-19H2,1-2H3,(H,26,28). The fourth-order valence-corrected chi connectivity index (χ4v) is 4.24. The molecule has 0 saturated heterocycles. The van der Waals surface area contributed by atoms with Gasteiger partial charge < -0.3 is 5.32 Å². The van der Waals surface area contributed by atoms with Crippen molar-refractivity contribution in [2.75, 3.05) is 17.1 Å². The number of sulfonamides is 1. The van der Waals surface area contributed by atoms with Crippen molar-refractivity contribution >= 4 is 21.6 Å². The van der Waals surface area contributed by atoms with Gasteiger partial charge >= 0.3 is 0 Å². The zero-order chi connectivity index (χ0) is 22.3. The van der Waals surface area contributed by atoms with Crippen molar-refractivity contribution in [2.45, 2.75) is 26.3 Å². The number of aryl methyl sites for hydroxylation is 2. The van der Waals surface area contributed by atoms with E-state index in [4.69, 9.17) is 0 Å². The summed E-state index contributed by atoms with van der Waals surface area (Å²) in [5.74, 6) is -0.163. The maximum atomic E-state index is 12.4. The SMILES string of the molecule is Cc1ccccc1CN(c1ccc(C(=O)NCCCc2ccccc2)cc1)S(C)(=O)=O. The van der Waals surface area contributed by atoms with Crippen LogP contribution >= 0.6 is 0 Å². The van der Waals surface area contributed by atoms with Crippen molar-refractivity contribution in [1.29, 1.82) is 0 Å². The van der Waals surface area contributed by atoms with E-state index in [9.17, 15) is 13.2 Å². The van der Waals surface area contributed by atoms with Gasteiger partial charge in [-0.05, 0) is 60.7 Å². The molecule has 3 aromatic carbocycles. The van der Waals surface area contributed by atoms with Gasteiger partial charge in [-0.2, -0.15) is 0 Å². The second-order valence-electron chi connectivity index (χ2n) is 7.59. The number of anilines is 1. The van der Waals surface area contributed by atoms with Crippen molar-refractivity contribution in [3.63, 3.8) is 0 Å². The third-order valence-electron chi connectivity index (χ3n) is 5.16. The molecule has 0 aliphatic rings. The van der Waals surface area contributed by atoms with Gasteiger partial charge in [-0.3, -0.25) is 9.10 Å². The highest BCUT2D eigenvalue weighted by Gasteiger charge is 2.19. The number of hydrogen-bond donors (Lipinski definition) is 1. The first-order valence-corrected chi connectivity index (χ1v) is 12.1. The number of carbonyl (C=O) groups excluding carboxylic acids is 1. The van der Waals surface area contributed by atoms with Crippen LogP contribution in [-0.2, 0) is 23.0 Å². The maximum Gasteiger partial charge on any atom is 0.251 e. The van der Waals surface area contributed by atoms with Gasteiger partial charge in [0.15, 0.2) is 0 Å². The lowest BCUT2D eigenvalue weighted by Crippen LogP contribution is -2.30. The van der Waals surface area contributed by atoms with Gasteiger partial charge in [-0.25, -0.2) is 8.42 Å². The first-order valence-electron chi connectivity index (χ1n) is 10.3. The van der Waals surface area contributed by atoms with Crippen LogP contribution in [0.4, 0.5) is 5.69 Å². The summed E-state index contributed by atoms with van der Waals surface area (Å²) in [4.78, 5) is 12.4. The number of benzene rings is 3. The van der Waals surface area contributed by atoms with Gasteiger partial charge in [-0.1, -0.05) is 54.6 Å². The summed E-state index contributed by atoms with van der Waals surface area (Å²) in [6.45, 7) is 2.79. The van der Waals surface area contributed by atoms with E-state index in [0.29, 0.717) is 17.8 Å². The van der Waals surface area contributed by atoms with Crippen LogP contribution in [0, 0.1) is 6.92 Å². The van der Waals surface area contributed by atoms with Crippen molar-refractivity contribution in [2.24, 2.45) is 0 Å². The van der Waals surface area contributed by atoms with Gasteiger partial charge in [0.1, 0.15) is 0 Å².